The van der Waals surface area contributed by atoms with Crippen LogP contribution in [0.25, 0.3) is 0 Å². The number of ether oxygens (including phenoxy) is 2. The fourth-order valence-corrected chi connectivity index (χ4v) is 2.60. The second-order valence-corrected chi connectivity index (χ2v) is 6.08. The molecule has 0 unspecified atom stereocenters. The number of para-hydroxylation sites is 1. The van der Waals surface area contributed by atoms with Crippen LogP contribution in [0.2, 0.25) is 0 Å². The molecule has 5 nitrogen and oxygen atoms in total. The number of thioether (sulfide) groups is 1. The molecule has 24 heavy (non-hydrogen) atoms. The molecule has 0 aliphatic heterocycles. The van der Waals surface area contributed by atoms with Gasteiger partial charge in [-0.25, -0.2) is 10.2 Å². The van der Waals surface area contributed by atoms with Gasteiger partial charge in [0, 0.05) is 16.2 Å². The summed E-state index contributed by atoms with van der Waals surface area (Å²) in [6, 6.07) is 15.9. The summed E-state index contributed by atoms with van der Waals surface area (Å²) in [5, 5.41) is 3.82. The summed E-state index contributed by atoms with van der Waals surface area (Å²) < 4.78 is 10.3. The van der Waals surface area contributed by atoms with Crippen LogP contribution < -0.4 is 10.2 Å². The molecule has 0 spiro atoms. The summed E-state index contributed by atoms with van der Waals surface area (Å²) in [6.45, 7) is 2.65. The van der Waals surface area contributed by atoms with Crippen molar-refractivity contribution in [1.82, 2.24) is 5.43 Å². The van der Waals surface area contributed by atoms with E-state index in [2.05, 4.69) is 46.5 Å². The van der Waals surface area contributed by atoms with Gasteiger partial charge in [-0.05, 0) is 31.2 Å². The van der Waals surface area contributed by atoms with Crippen LogP contribution in [0, 0.1) is 6.92 Å². The van der Waals surface area contributed by atoms with Gasteiger partial charge in [0.05, 0.1) is 19.9 Å². The number of hydrogen-bond donors (Lipinski definition) is 1. The van der Waals surface area contributed by atoms with Crippen LogP contribution in [-0.4, -0.2) is 31.8 Å². The Morgan fingerprint density at radius 1 is 1.21 bits per heavy atom. The molecule has 0 radical (unpaired) electrons. The highest BCUT2D eigenvalue weighted by Gasteiger charge is 2.02. The topological polar surface area (TPSA) is 59.9 Å². The van der Waals surface area contributed by atoms with Crippen LogP contribution in [0.1, 0.15) is 11.1 Å². The van der Waals surface area contributed by atoms with E-state index < -0.39 is 6.09 Å². The van der Waals surface area contributed by atoms with E-state index in [1.807, 2.05) is 24.3 Å². The minimum Gasteiger partial charge on any atom is -0.492 e. The van der Waals surface area contributed by atoms with E-state index in [9.17, 15) is 4.79 Å². The Bertz CT molecular complexity index is 687. The first kappa shape index (κ1) is 17.9. The van der Waals surface area contributed by atoms with Crippen molar-refractivity contribution in [2.75, 3.05) is 19.5 Å². The lowest BCUT2D eigenvalue weighted by molar-refractivity contribution is 0.171. The van der Waals surface area contributed by atoms with Crippen molar-refractivity contribution in [3.8, 4) is 5.75 Å². The van der Waals surface area contributed by atoms with Crippen molar-refractivity contribution >= 4 is 24.1 Å². The molecule has 0 bridgehead atoms. The van der Waals surface area contributed by atoms with E-state index in [-0.39, 0.29) is 0 Å². The van der Waals surface area contributed by atoms with Crippen LogP contribution in [-0.2, 0) is 4.74 Å². The summed E-state index contributed by atoms with van der Waals surface area (Å²) in [5.41, 5.74) is 4.29. The molecule has 0 atom stereocenters. The zero-order chi connectivity index (χ0) is 17.2. The molecular formula is C18H20N2O3S. The summed E-state index contributed by atoms with van der Waals surface area (Å²) >= 11 is 1.75. The molecule has 0 fully saturated rings. The van der Waals surface area contributed by atoms with Crippen LogP contribution in [0.3, 0.4) is 0 Å². The zero-order valence-corrected chi connectivity index (χ0v) is 14.5. The molecule has 6 heteroatoms. The quantitative estimate of drug-likeness (QED) is 0.359. The molecule has 0 heterocycles. The molecule has 0 aliphatic carbocycles. The monoisotopic (exact) mass is 344 g/mol. The van der Waals surface area contributed by atoms with Gasteiger partial charge in [-0.2, -0.15) is 5.10 Å². The van der Waals surface area contributed by atoms with Crippen molar-refractivity contribution in [3.05, 3.63) is 59.7 Å². The summed E-state index contributed by atoms with van der Waals surface area (Å²) in [7, 11) is 1.29. The Hall–Kier alpha value is -2.47. The predicted octanol–water partition coefficient (Wildman–Crippen LogP) is 3.86. The number of rotatable bonds is 7. The van der Waals surface area contributed by atoms with Crippen LogP contribution in [0.15, 0.2) is 58.5 Å². The van der Waals surface area contributed by atoms with Gasteiger partial charge in [-0.1, -0.05) is 29.8 Å². The number of carbonyl (C=O) groups excluding carboxylic acids is 1. The van der Waals surface area contributed by atoms with Crippen LogP contribution >= 0.6 is 11.8 Å². The number of carbonyl (C=O) groups is 1. The molecule has 126 valence electrons. The first-order chi connectivity index (χ1) is 11.7. The van der Waals surface area contributed by atoms with Crippen LogP contribution in [0.4, 0.5) is 4.79 Å². The zero-order valence-electron chi connectivity index (χ0n) is 13.7. The Kier molecular flexibility index (Phi) is 7.17. The molecule has 0 aliphatic rings. The van der Waals surface area contributed by atoms with E-state index in [1.165, 1.54) is 23.8 Å². The van der Waals surface area contributed by atoms with E-state index in [0.717, 1.165) is 17.1 Å². The van der Waals surface area contributed by atoms with Gasteiger partial charge in [0.15, 0.2) is 0 Å². The molecular weight excluding hydrogens is 324 g/mol. The summed E-state index contributed by atoms with van der Waals surface area (Å²) in [6.07, 6.45) is 0.915. The Labute approximate surface area is 146 Å². The molecule has 1 amide bonds. The third-order valence-corrected chi connectivity index (χ3v) is 4.07. The van der Waals surface area contributed by atoms with Gasteiger partial charge in [0.1, 0.15) is 5.75 Å². The summed E-state index contributed by atoms with van der Waals surface area (Å²) in [5.74, 6) is 1.56. The Balaban J connectivity index is 1.83. The minimum atomic E-state index is -0.612. The SMILES string of the molecule is COC(=O)NN=Cc1ccccc1OCCSc1ccc(C)cc1. The highest BCUT2D eigenvalue weighted by molar-refractivity contribution is 7.99. The number of nitrogens with zero attached hydrogens (tertiary/aromatic N) is 1. The second kappa shape index (κ2) is 9.62. The van der Waals surface area contributed by atoms with E-state index >= 15 is 0 Å². The summed E-state index contributed by atoms with van der Waals surface area (Å²) in [4.78, 5) is 12.2. The maximum absolute atomic E-state index is 11.0. The largest absolute Gasteiger partial charge is 0.492 e. The van der Waals surface area contributed by atoms with Gasteiger partial charge in [-0.3, -0.25) is 0 Å². The number of hydrazone groups is 1. The lowest BCUT2D eigenvalue weighted by Crippen LogP contribution is -2.16. The maximum Gasteiger partial charge on any atom is 0.427 e. The predicted molar refractivity (Wildman–Crippen MR) is 97.0 cm³/mol. The Morgan fingerprint density at radius 3 is 2.71 bits per heavy atom. The minimum absolute atomic E-state index is 0.577. The number of amides is 1. The van der Waals surface area contributed by atoms with Gasteiger partial charge >= 0.3 is 6.09 Å². The van der Waals surface area contributed by atoms with Crippen LogP contribution in [0.5, 0.6) is 5.75 Å². The second-order valence-electron chi connectivity index (χ2n) is 4.91. The number of benzene rings is 2. The standard InChI is InChI=1S/C18H20N2O3S/c1-14-7-9-16(10-8-14)24-12-11-23-17-6-4-3-5-15(17)13-19-20-18(21)22-2/h3-10,13H,11-12H2,1-2H3,(H,20,21). The van der Waals surface area contributed by atoms with Crippen molar-refractivity contribution in [1.29, 1.82) is 0 Å². The number of methoxy groups -OCH3 is 1. The molecule has 1 N–H and O–H groups in total. The van der Waals surface area contributed by atoms with E-state index in [0.29, 0.717) is 6.61 Å². The van der Waals surface area contributed by atoms with Crippen molar-refractivity contribution in [2.45, 2.75) is 11.8 Å². The van der Waals surface area contributed by atoms with Gasteiger partial charge in [0.25, 0.3) is 0 Å². The number of hydrogen-bond acceptors (Lipinski definition) is 5. The average Bonchev–Trinajstić information content (AvgIpc) is 2.61. The van der Waals surface area contributed by atoms with Crippen molar-refractivity contribution in [2.24, 2.45) is 5.10 Å². The maximum atomic E-state index is 11.0. The molecule has 2 rings (SSSR count). The molecule has 0 saturated carbocycles. The molecule has 0 saturated heterocycles. The highest BCUT2D eigenvalue weighted by atomic mass is 32.2. The van der Waals surface area contributed by atoms with E-state index in [4.69, 9.17) is 4.74 Å². The highest BCUT2D eigenvalue weighted by Crippen LogP contribution is 2.20. The molecule has 2 aromatic rings. The third-order valence-electron chi connectivity index (χ3n) is 3.09. The fraction of sp³-hybridized carbons (Fsp3) is 0.222. The van der Waals surface area contributed by atoms with Crippen molar-refractivity contribution in [3.63, 3.8) is 0 Å². The van der Waals surface area contributed by atoms with Gasteiger partial charge in [0.2, 0.25) is 0 Å². The van der Waals surface area contributed by atoms with E-state index in [1.54, 1.807) is 11.8 Å². The molecule has 2 aromatic carbocycles. The third kappa shape index (κ3) is 5.96. The number of aryl methyl sites for hydroxylation is 1. The first-order valence-corrected chi connectivity index (χ1v) is 8.46. The Morgan fingerprint density at radius 2 is 1.96 bits per heavy atom. The van der Waals surface area contributed by atoms with Gasteiger partial charge in [-0.15, -0.1) is 11.8 Å². The average molecular weight is 344 g/mol. The first-order valence-electron chi connectivity index (χ1n) is 7.47. The van der Waals surface area contributed by atoms with Gasteiger partial charge < -0.3 is 9.47 Å². The normalized spacial score (nSPS) is 10.6. The fourth-order valence-electron chi connectivity index (χ4n) is 1.86. The lowest BCUT2D eigenvalue weighted by Gasteiger charge is -2.09. The number of nitrogens with one attached hydrogen (secondary N) is 1. The molecule has 0 aromatic heterocycles. The lowest BCUT2D eigenvalue weighted by atomic mass is 10.2. The smallest absolute Gasteiger partial charge is 0.427 e. The van der Waals surface area contributed by atoms with Crippen molar-refractivity contribution < 1.29 is 14.3 Å².